The minimum atomic E-state index is -0.304. The predicted octanol–water partition coefficient (Wildman–Crippen LogP) is 5.62. The number of hydrogen-bond acceptors (Lipinski definition) is 3. The van der Waals surface area contributed by atoms with E-state index in [4.69, 9.17) is 11.6 Å². The first-order chi connectivity index (χ1) is 14.0. The van der Waals surface area contributed by atoms with Crippen molar-refractivity contribution in [2.24, 2.45) is 11.3 Å². The summed E-state index contributed by atoms with van der Waals surface area (Å²) in [6, 6.07) is 14.9. The largest absolute Gasteiger partial charge is 0.330 e. The van der Waals surface area contributed by atoms with E-state index in [1.165, 1.54) is 32.1 Å². The molecule has 29 heavy (non-hydrogen) atoms. The fourth-order valence-corrected chi connectivity index (χ4v) is 4.64. The third-order valence-corrected chi connectivity index (χ3v) is 6.61. The lowest BCUT2D eigenvalue weighted by molar-refractivity contribution is 0.0525. The Balaban J connectivity index is 1.72. The lowest BCUT2D eigenvalue weighted by Crippen LogP contribution is -2.46. The second kappa shape index (κ2) is 8.15. The molecular weight excluding hydrogens is 384 g/mol. The Morgan fingerprint density at radius 3 is 2.52 bits per heavy atom. The maximum Gasteiger partial charge on any atom is 0.252 e. The number of hydrogen-bond donors (Lipinski definition) is 1. The number of nitrogens with zero attached hydrogens (tertiary/aromatic N) is 3. The van der Waals surface area contributed by atoms with E-state index in [0.717, 1.165) is 11.0 Å². The van der Waals surface area contributed by atoms with E-state index in [1.54, 1.807) is 24.3 Å². The van der Waals surface area contributed by atoms with E-state index in [-0.39, 0.29) is 17.5 Å². The van der Waals surface area contributed by atoms with Crippen molar-refractivity contribution in [2.45, 2.75) is 52.1 Å². The van der Waals surface area contributed by atoms with Gasteiger partial charge < -0.3 is 5.32 Å². The molecule has 5 nitrogen and oxygen atoms in total. The van der Waals surface area contributed by atoms with E-state index in [0.29, 0.717) is 16.5 Å². The summed E-state index contributed by atoms with van der Waals surface area (Å²) >= 11 is 5.99. The van der Waals surface area contributed by atoms with Crippen LogP contribution in [-0.2, 0) is 0 Å². The molecule has 152 valence electrons. The summed E-state index contributed by atoms with van der Waals surface area (Å²) in [5, 5.41) is 12.7. The lowest BCUT2D eigenvalue weighted by Gasteiger charge is -2.43. The molecule has 1 N–H and O–H groups in total. The molecule has 0 radical (unpaired) electrons. The molecular formula is C23H27ClN4O. The number of carbonyl (C=O) groups is 1. The first-order valence-electron chi connectivity index (χ1n) is 10.3. The van der Waals surface area contributed by atoms with Crippen molar-refractivity contribution in [1.29, 1.82) is 0 Å². The van der Waals surface area contributed by atoms with Crippen molar-refractivity contribution in [3.8, 4) is 0 Å². The maximum atomic E-state index is 13.1. The Morgan fingerprint density at radius 2 is 1.79 bits per heavy atom. The summed E-state index contributed by atoms with van der Waals surface area (Å²) in [6.45, 7) is 4.48. The zero-order valence-corrected chi connectivity index (χ0v) is 17.7. The molecule has 6 heteroatoms. The van der Waals surface area contributed by atoms with Crippen molar-refractivity contribution < 1.29 is 4.79 Å². The fraction of sp³-hybridized carbons (Fsp3) is 0.435. The molecule has 2 aromatic carbocycles. The lowest BCUT2D eigenvalue weighted by atomic mass is 9.69. The molecule has 1 fully saturated rings. The normalized spacial score (nSPS) is 16.7. The van der Waals surface area contributed by atoms with Gasteiger partial charge in [-0.3, -0.25) is 4.79 Å². The fourth-order valence-electron chi connectivity index (χ4n) is 4.52. The zero-order chi connectivity index (χ0) is 20.4. The zero-order valence-electron chi connectivity index (χ0n) is 16.9. The van der Waals surface area contributed by atoms with Crippen LogP contribution in [-0.4, -0.2) is 20.9 Å². The summed E-state index contributed by atoms with van der Waals surface area (Å²) in [4.78, 5) is 13.1. The van der Waals surface area contributed by atoms with Gasteiger partial charge in [0, 0.05) is 16.0 Å². The number of para-hydroxylation sites is 1. The monoisotopic (exact) mass is 410 g/mol. The third-order valence-electron chi connectivity index (χ3n) is 6.36. The van der Waals surface area contributed by atoms with E-state index < -0.39 is 0 Å². The van der Waals surface area contributed by atoms with Gasteiger partial charge in [-0.1, -0.05) is 62.1 Å². The molecule has 1 heterocycles. The minimum absolute atomic E-state index is 0.130. The Morgan fingerprint density at radius 1 is 1.10 bits per heavy atom. The van der Waals surface area contributed by atoms with Crippen molar-refractivity contribution >= 4 is 28.5 Å². The summed E-state index contributed by atoms with van der Waals surface area (Å²) in [6.07, 6.45) is 5.82. The molecule has 1 atom stereocenters. The predicted molar refractivity (Wildman–Crippen MR) is 116 cm³/mol. The highest BCUT2D eigenvalue weighted by molar-refractivity contribution is 6.30. The number of benzene rings is 2. The molecule has 4 rings (SSSR count). The van der Waals surface area contributed by atoms with Gasteiger partial charge in [0.15, 0.2) is 0 Å². The summed E-state index contributed by atoms with van der Waals surface area (Å²) in [5.41, 5.74) is 2.16. The number of halogens is 1. The molecule has 1 saturated carbocycles. The van der Waals surface area contributed by atoms with Gasteiger partial charge in [-0.2, -0.15) is 0 Å². The highest BCUT2D eigenvalue weighted by Crippen LogP contribution is 2.45. The standard InChI is InChI=1S/C23H27ClN4O/c1-23(2,17-8-4-3-5-9-17)22(25-21(29)16-12-14-18(24)15-13-16)28-20-11-7-6-10-19(20)26-27-28/h6-7,10-15,17,22H,3-5,8-9H2,1-2H3,(H,25,29). The molecule has 1 aliphatic rings. The van der Waals surface area contributed by atoms with Crippen LogP contribution in [0, 0.1) is 11.3 Å². The number of carbonyl (C=O) groups excluding carboxylic acids is 1. The Bertz CT molecular complexity index is 990. The van der Waals surface area contributed by atoms with Crippen LogP contribution < -0.4 is 5.32 Å². The molecule has 1 unspecified atom stereocenters. The van der Waals surface area contributed by atoms with Crippen LogP contribution in [0.1, 0.15) is 62.5 Å². The highest BCUT2D eigenvalue weighted by Gasteiger charge is 2.41. The van der Waals surface area contributed by atoms with Crippen molar-refractivity contribution in [1.82, 2.24) is 20.3 Å². The molecule has 3 aromatic rings. The number of rotatable bonds is 5. The Hall–Kier alpha value is -2.40. The summed E-state index contributed by atoms with van der Waals surface area (Å²) in [5.74, 6) is 0.380. The van der Waals surface area contributed by atoms with Crippen LogP contribution in [0.15, 0.2) is 48.5 Å². The molecule has 1 aromatic heterocycles. The van der Waals surface area contributed by atoms with Gasteiger partial charge >= 0.3 is 0 Å². The quantitative estimate of drug-likeness (QED) is 0.593. The van der Waals surface area contributed by atoms with Gasteiger partial charge in [0.05, 0.1) is 5.52 Å². The van der Waals surface area contributed by atoms with Crippen LogP contribution in [0.2, 0.25) is 5.02 Å². The summed E-state index contributed by atoms with van der Waals surface area (Å²) in [7, 11) is 0. The second-order valence-electron chi connectivity index (χ2n) is 8.56. The van der Waals surface area contributed by atoms with E-state index >= 15 is 0 Å². The molecule has 1 aliphatic carbocycles. The number of nitrogens with one attached hydrogen (secondary N) is 1. The van der Waals surface area contributed by atoms with Gasteiger partial charge in [-0.25, -0.2) is 4.68 Å². The van der Waals surface area contributed by atoms with Crippen LogP contribution in [0.3, 0.4) is 0 Å². The van der Waals surface area contributed by atoms with Crippen LogP contribution in [0.5, 0.6) is 0 Å². The molecule has 0 spiro atoms. The average Bonchev–Trinajstić information content (AvgIpc) is 3.16. The van der Waals surface area contributed by atoms with Crippen LogP contribution in [0.25, 0.3) is 11.0 Å². The molecule has 1 amide bonds. The number of aromatic nitrogens is 3. The molecule has 0 aliphatic heterocycles. The van der Waals surface area contributed by atoms with Crippen LogP contribution >= 0.6 is 11.6 Å². The molecule has 0 bridgehead atoms. The SMILES string of the molecule is CC(C)(C1CCCCC1)C(NC(=O)c1ccc(Cl)cc1)n1nnc2ccccc21. The summed E-state index contributed by atoms with van der Waals surface area (Å²) < 4.78 is 1.89. The first-order valence-corrected chi connectivity index (χ1v) is 10.7. The smallest absolute Gasteiger partial charge is 0.252 e. The highest BCUT2D eigenvalue weighted by atomic mass is 35.5. The van der Waals surface area contributed by atoms with Crippen LogP contribution in [0.4, 0.5) is 0 Å². The van der Waals surface area contributed by atoms with Gasteiger partial charge in [0.1, 0.15) is 11.7 Å². The van der Waals surface area contributed by atoms with E-state index in [9.17, 15) is 4.79 Å². The Labute approximate surface area is 176 Å². The first kappa shape index (κ1) is 19.9. The van der Waals surface area contributed by atoms with Crippen molar-refractivity contribution in [3.05, 3.63) is 59.1 Å². The van der Waals surface area contributed by atoms with Gasteiger partial charge in [-0.05, 0) is 55.2 Å². The minimum Gasteiger partial charge on any atom is -0.330 e. The van der Waals surface area contributed by atoms with E-state index in [1.807, 2.05) is 28.9 Å². The second-order valence-corrected chi connectivity index (χ2v) is 9.00. The average molecular weight is 411 g/mol. The van der Waals surface area contributed by atoms with Gasteiger partial charge in [0.2, 0.25) is 0 Å². The van der Waals surface area contributed by atoms with Gasteiger partial charge in [0.25, 0.3) is 5.91 Å². The van der Waals surface area contributed by atoms with E-state index in [2.05, 4.69) is 29.5 Å². The third kappa shape index (κ3) is 4.01. The number of fused-ring (bicyclic) bond motifs is 1. The Kier molecular flexibility index (Phi) is 5.59. The number of amides is 1. The molecule has 0 saturated heterocycles. The van der Waals surface area contributed by atoms with Gasteiger partial charge in [-0.15, -0.1) is 5.10 Å². The van der Waals surface area contributed by atoms with Crippen molar-refractivity contribution in [3.63, 3.8) is 0 Å². The van der Waals surface area contributed by atoms with Crippen molar-refractivity contribution in [2.75, 3.05) is 0 Å². The topological polar surface area (TPSA) is 59.8 Å². The maximum absolute atomic E-state index is 13.1.